The van der Waals surface area contributed by atoms with E-state index in [0.29, 0.717) is 0 Å². The normalized spacial score (nSPS) is 17.6. The minimum absolute atomic E-state index is 0.951. The van der Waals surface area contributed by atoms with Gasteiger partial charge in [-0.3, -0.25) is 0 Å². The van der Waals surface area contributed by atoms with Crippen LogP contribution in [0.4, 0.5) is 11.5 Å². The van der Waals surface area contributed by atoms with Crippen LogP contribution in [0, 0.1) is 0 Å². The molecule has 5 rings (SSSR count). The highest BCUT2D eigenvalue weighted by molar-refractivity contribution is 5.86. The first kappa shape index (κ1) is 15.7. The van der Waals surface area contributed by atoms with Gasteiger partial charge in [0.15, 0.2) is 0 Å². The van der Waals surface area contributed by atoms with Gasteiger partial charge in [0.1, 0.15) is 5.82 Å². The van der Waals surface area contributed by atoms with Crippen LogP contribution in [-0.2, 0) is 20.0 Å². The van der Waals surface area contributed by atoms with E-state index in [2.05, 4.69) is 64.0 Å². The molecule has 0 amide bonds. The van der Waals surface area contributed by atoms with Crippen LogP contribution >= 0.6 is 0 Å². The van der Waals surface area contributed by atoms with E-state index in [9.17, 15) is 0 Å². The summed E-state index contributed by atoms with van der Waals surface area (Å²) in [5.41, 5.74) is 5.56. The summed E-state index contributed by atoms with van der Waals surface area (Å²) < 4.78 is 2.37. The molecule has 4 heterocycles. The van der Waals surface area contributed by atoms with E-state index in [1.54, 1.807) is 0 Å². The van der Waals surface area contributed by atoms with E-state index in [4.69, 9.17) is 4.98 Å². The van der Waals surface area contributed by atoms with Gasteiger partial charge < -0.3 is 14.4 Å². The van der Waals surface area contributed by atoms with Crippen LogP contribution < -0.4 is 9.80 Å². The lowest BCUT2D eigenvalue weighted by molar-refractivity contribution is 0.577. The first-order chi connectivity index (χ1) is 12.8. The molecule has 2 aromatic heterocycles. The van der Waals surface area contributed by atoms with Crippen molar-refractivity contribution in [3.63, 3.8) is 0 Å². The molecule has 0 bridgehead atoms. The van der Waals surface area contributed by atoms with Crippen LogP contribution in [0.2, 0.25) is 0 Å². The fraction of sp³-hybridized carbons (Fsp3) is 0.409. The predicted octanol–water partition coefficient (Wildman–Crippen LogP) is 4.13. The van der Waals surface area contributed by atoms with Gasteiger partial charge in [-0.25, -0.2) is 4.98 Å². The molecule has 0 saturated carbocycles. The Hall–Kier alpha value is -2.49. The minimum Gasteiger partial charge on any atom is -0.370 e. The van der Waals surface area contributed by atoms with Crippen molar-refractivity contribution in [3.8, 4) is 0 Å². The monoisotopic (exact) mass is 346 g/mol. The number of benzene rings is 1. The SMILES string of the molecule is Cn1c2c(c3ccccc31)CN(c1ccc(N3CCCCC3)cn1)CC2. The standard InChI is InChI=1S/C22H26N4/c1-24-20-8-4-3-7-18(20)19-16-26(14-11-21(19)24)22-10-9-17(15-23-22)25-12-5-2-6-13-25/h3-4,7-10,15H,2,5-6,11-14,16H2,1H3. The number of pyridine rings is 1. The van der Waals surface area contributed by atoms with Crippen molar-refractivity contribution in [2.24, 2.45) is 7.05 Å². The number of fused-ring (bicyclic) bond motifs is 3. The highest BCUT2D eigenvalue weighted by atomic mass is 15.2. The van der Waals surface area contributed by atoms with Crippen molar-refractivity contribution in [3.05, 3.63) is 53.9 Å². The molecule has 134 valence electrons. The molecule has 4 heteroatoms. The summed E-state index contributed by atoms with van der Waals surface area (Å²) in [4.78, 5) is 9.71. The largest absolute Gasteiger partial charge is 0.370 e. The molecule has 1 aromatic carbocycles. The quantitative estimate of drug-likeness (QED) is 0.697. The lowest BCUT2D eigenvalue weighted by Gasteiger charge is -2.31. The van der Waals surface area contributed by atoms with Crippen LogP contribution in [0.3, 0.4) is 0 Å². The van der Waals surface area contributed by atoms with Crippen LogP contribution in [0.15, 0.2) is 42.6 Å². The fourth-order valence-corrected chi connectivity index (χ4v) is 4.63. The third-order valence-corrected chi connectivity index (χ3v) is 6.09. The molecule has 2 aliphatic rings. The summed E-state index contributed by atoms with van der Waals surface area (Å²) in [6.07, 6.45) is 7.12. The van der Waals surface area contributed by atoms with Gasteiger partial charge in [-0.1, -0.05) is 18.2 Å². The zero-order chi connectivity index (χ0) is 17.5. The third-order valence-electron chi connectivity index (χ3n) is 6.09. The number of nitrogens with zero attached hydrogens (tertiary/aromatic N) is 4. The number of piperidine rings is 1. The Balaban J connectivity index is 1.41. The molecule has 2 aliphatic heterocycles. The van der Waals surface area contributed by atoms with E-state index in [0.717, 1.165) is 25.3 Å². The number of anilines is 2. The summed E-state index contributed by atoms with van der Waals surface area (Å²) in [6, 6.07) is 13.2. The molecule has 0 atom stereocenters. The first-order valence-corrected chi connectivity index (χ1v) is 9.82. The second-order valence-corrected chi connectivity index (χ2v) is 7.60. The van der Waals surface area contributed by atoms with E-state index in [-0.39, 0.29) is 0 Å². The second kappa shape index (κ2) is 6.35. The van der Waals surface area contributed by atoms with Crippen molar-refractivity contribution in [2.75, 3.05) is 29.4 Å². The zero-order valence-corrected chi connectivity index (χ0v) is 15.5. The lowest BCUT2D eigenvalue weighted by Crippen LogP contribution is -2.32. The molecule has 1 saturated heterocycles. The van der Waals surface area contributed by atoms with Gasteiger partial charge in [-0.2, -0.15) is 0 Å². The number of hydrogen-bond acceptors (Lipinski definition) is 3. The zero-order valence-electron chi connectivity index (χ0n) is 15.5. The van der Waals surface area contributed by atoms with Gasteiger partial charge >= 0.3 is 0 Å². The smallest absolute Gasteiger partial charge is 0.128 e. The maximum atomic E-state index is 4.81. The predicted molar refractivity (Wildman–Crippen MR) is 108 cm³/mol. The van der Waals surface area contributed by atoms with Gasteiger partial charge in [0, 0.05) is 61.8 Å². The van der Waals surface area contributed by atoms with Crippen LogP contribution in [0.25, 0.3) is 10.9 Å². The Labute approximate surface area is 155 Å². The molecular formula is C22H26N4. The molecule has 26 heavy (non-hydrogen) atoms. The highest BCUT2D eigenvalue weighted by Crippen LogP contribution is 2.32. The second-order valence-electron chi connectivity index (χ2n) is 7.60. The Morgan fingerprint density at radius 2 is 1.73 bits per heavy atom. The molecule has 0 radical (unpaired) electrons. The number of para-hydroxylation sites is 1. The van der Waals surface area contributed by atoms with E-state index >= 15 is 0 Å². The Kier molecular flexibility index (Phi) is 3.84. The molecule has 0 spiro atoms. The Bertz CT molecular complexity index is 919. The maximum Gasteiger partial charge on any atom is 0.128 e. The van der Waals surface area contributed by atoms with Gasteiger partial charge in [-0.05, 0) is 37.5 Å². The number of rotatable bonds is 2. The van der Waals surface area contributed by atoms with Gasteiger partial charge in [0.2, 0.25) is 0 Å². The lowest BCUT2D eigenvalue weighted by atomic mass is 10.0. The van der Waals surface area contributed by atoms with Gasteiger partial charge in [0.05, 0.1) is 11.9 Å². The van der Waals surface area contributed by atoms with E-state index in [1.165, 1.54) is 60.2 Å². The molecular weight excluding hydrogens is 320 g/mol. The van der Waals surface area contributed by atoms with Crippen molar-refractivity contribution in [2.45, 2.75) is 32.2 Å². The minimum atomic E-state index is 0.951. The fourth-order valence-electron chi connectivity index (χ4n) is 4.63. The van der Waals surface area contributed by atoms with Crippen molar-refractivity contribution in [1.29, 1.82) is 0 Å². The number of aryl methyl sites for hydroxylation is 1. The maximum absolute atomic E-state index is 4.81. The average molecular weight is 346 g/mol. The summed E-state index contributed by atoms with van der Waals surface area (Å²) in [5, 5.41) is 1.39. The molecule has 1 fully saturated rings. The molecule has 0 aliphatic carbocycles. The first-order valence-electron chi connectivity index (χ1n) is 9.82. The van der Waals surface area contributed by atoms with Crippen molar-refractivity contribution < 1.29 is 0 Å². The summed E-state index contributed by atoms with van der Waals surface area (Å²) in [5.74, 6) is 1.10. The summed E-state index contributed by atoms with van der Waals surface area (Å²) >= 11 is 0. The van der Waals surface area contributed by atoms with Crippen LogP contribution in [0.5, 0.6) is 0 Å². The Morgan fingerprint density at radius 1 is 0.885 bits per heavy atom. The summed E-state index contributed by atoms with van der Waals surface area (Å²) in [7, 11) is 2.20. The van der Waals surface area contributed by atoms with E-state index < -0.39 is 0 Å². The third kappa shape index (κ3) is 2.56. The molecule has 0 unspecified atom stereocenters. The molecule has 4 nitrogen and oxygen atoms in total. The molecule has 0 N–H and O–H groups in total. The van der Waals surface area contributed by atoms with Crippen molar-refractivity contribution in [1.82, 2.24) is 9.55 Å². The highest BCUT2D eigenvalue weighted by Gasteiger charge is 2.23. The Morgan fingerprint density at radius 3 is 2.54 bits per heavy atom. The topological polar surface area (TPSA) is 24.3 Å². The van der Waals surface area contributed by atoms with Crippen LogP contribution in [-0.4, -0.2) is 29.2 Å². The average Bonchev–Trinajstić information content (AvgIpc) is 3.01. The van der Waals surface area contributed by atoms with Crippen LogP contribution in [0.1, 0.15) is 30.5 Å². The van der Waals surface area contributed by atoms with Gasteiger partial charge in [-0.15, -0.1) is 0 Å². The molecule has 3 aromatic rings. The number of aromatic nitrogens is 2. The van der Waals surface area contributed by atoms with Gasteiger partial charge in [0.25, 0.3) is 0 Å². The van der Waals surface area contributed by atoms with Crippen molar-refractivity contribution >= 4 is 22.4 Å². The number of hydrogen-bond donors (Lipinski definition) is 0. The van der Waals surface area contributed by atoms with E-state index in [1.807, 2.05) is 0 Å². The summed E-state index contributed by atoms with van der Waals surface area (Å²) in [6.45, 7) is 4.33.